The summed E-state index contributed by atoms with van der Waals surface area (Å²) in [6, 6.07) is 0. The van der Waals surface area contributed by atoms with Gasteiger partial charge in [0.2, 0.25) is 0 Å². The number of carbonyl (C=O) groups excluding carboxylic acids is 2. The molecule has 0 spiro atoms. The lowest BCUT2D eigenvalue weighted by Gasteiger charge is -2.32. The number of hydrogen-bond acceptors (Lipinski definition) is 4. The van der Waals surface area contributed by atoms with Gasteiger partial charge in [0.15, 0.2) is 0 Å². The molecule has 0 aliphatic heterocycles. The molecule has 0 heterocycles. The largest absolute Gasteiger partial charge is 0.459 e. The average Bonchev–Trinajstić information content (AvgIpc) is 3.01. The monoisotopic (exact) mass is 308 g/mol. The van der Waals surface area contributed by atoms with Crippen LogP contribution in [0.5, 0.6) is 0 Å². The van der Waals surface area contributed by atoms with Crippen LogP contribution >= 0.6 is 0 Å². The van der Waals surface area contributed by atoms with Gasteiger partial charge < -0.3 is 9.47 Å². The van der Waals surface area contributed by atoms with Crippen molar-refractivity contribution < 1.29 is 19.1 Å². The molecule has 0 radical (unpaired) electrons. The third kappa shape index (κ3) is 6.92. The van der Waals surface area contributed by atoms with Crippen LogP contribution in [0.2, 0.25) is 0 Å². The van der Waals surface area contributed by atoms with Crippen LogP contribution in [0.4, 0.5) is 0 Å². The minimum absolute atomic E-state index is 0.172. The van der Waals surface area contributed by atoms with Crippen molar-refractivity contribution in [1.82, 2.24) is 0 Å². The molecule has 4 nitrogen and oxygen atoms in total. The Morgan fingerprint density at radius 3 is 2.00 bits per heavy atom. The van der Waals surface area contributed by atoms with Crippen LogP contribution in [0, 0.1) is 0 Å². The predicted molar refractivity (Wildman–Crippen MR) is 86.3 cm³/mol. The summed E-state index contributed by atoms with van der Waals surface area (Å²) in [5.74, 6) is -0.577. The summed E-state index contributed by atoms with van der Waals surface area (Å²) in [6.07, 6.45) is 12.6. The van der Waals surface area contributed by atoms with Crippen molar-refractivity contribution in [2.45, 2.75) is 76.4 Å². The summed E-state index contributed by atoms with van der Waals surface area (Å²) in [5.41, 5.74) is -0.219. The molecule has 0 aromatic heterocycles. The first kappa shape index (κ1) is 18.5. The average molecular weight is 308 g/mol. The van der Waals surface area contributed by atoms with Gasteiger partial charge in [0.05, 0.1) is 0 Å². The quantitative estimate of drug-likeness (QED) is 0.579. The van der Waals surface area contributed by atoms with Gasteiger partial charge in [-0.15, -0.1) is 0 Å². The number of esters is 2. The van der Waals surface area contributed by atoms with Crippen molar-refractivity contribution in [1.29, 1.82) is 0 Å². The zero-order valence-corrected chi connectivity index (χ0v) is 13.6. The van der Waals surface area contributed by atoms with Gasteiger partial charge in [-0.1, -0.05) is 19.6 Å². The van der Waals surface area contributed by atoms with Crippen LogP contribution in [0.25, 0.3) is 0 Å². The Bertz CT molecular complexity index is 388. The third-order valence-electron chi connectivity index (χ3n) is 4.18. The van der Waals surface area contributed by atoms with Gasteiger partial charge in [-0.3, -0.25) is 0 Å². The van der Waals surface area contributed by atoms with E-state index in [2.05, 4.69) is 13.2 Å². The molecule has 2 saturated carbocycles. The summed E-state index contributed by atoms with van der Waals surface area (Å²) < 4.78 is 10.3. The standard InChI is InChI=1S/C10H16O2.C8H12O2/c1-3-9(11)12-10(2)7-5-4-6-8-10;1-2-8(9)10-7-5-3-4-6-7/h3H,1,4-8H2,2H3;2,7H,1,3-6H2. The first-order valence-electron chi connectivity index (χ1n) is 8.17. The van der Waals surface area contributed by atoms with Crippen LogP contribution in [-0.4, -0.2) is 23.6 Å². The first-order valence-corrected chi connectivity index (χ1v) is 8.17. The molecule has 2 aliphatic carbocycles. The Morgan fingerprint density at radius 1 is 0.955 bits per heavy atom. The Balaban J connectivity index is 0.000000224. The number of hydrogen-bond donors (Lipinski definition) is 0. The van der Waals surface area contributed by atoms with Crippen LogP contribution in [0.1, 0.15) is 64.7 Å². The lowest BCUT2D eigenvalue weighted by atomic mass is 9.86. The van der Waals surface area contributed by atoms with E-state index in [4.69, 9.17) is 9.47 Å². The molecule has 0 unspecified atom stereocenters. The van der Waals surface area contributed by atoms with E-state index in [0.29, 0.717) is 0 Å². The van der Waals surface area contributed by atoms with E-state index < -0.39 is 0 Å². The number of ether oxygens (including phenoxy) is 2. The maximum absolute atomic E-state index is 10.9. The maximum atomic E-state index is 10.9. The summed E-state index contributed by atoms with van der Waals surface area (Å²) in [4.78, 5) is 21.6. The molecular weight excluding hydrogens is 280 g/mol. The Morgan fingerprint density at radius 2 is 1.50 bits per heavy atom. The number of rotatable bonds is 4. The van der Waals surface area contributed by atoms with Gasteiger partial charge in [-0.25, -0.2) is 9.59 Å². The van der Waals surface area contributed by atoms with Crippen molar-refractivity contribution >= 4 is 11.9 Å². The van der Waals surface area contributed by atoms with Gasteiger partial charge in [-0.05, 0) is 58.3 Å². The Kier molecular flexibility index (Phi) is 7.92. The molecule has 0 saturated heterocycles. The van der Waals surface area contributed by atoms with Crippen LogP contribution in [0.3, 0.4) is 0 Å². The van der Waals surface area contributed by atoms with E-state index in [9.17, 15) is 9.59 Å². The maximum Gasteiger partial charge on any atom is 0.330 e. The van der Waals surface area contributed by atoms with E-state index in [1.807, 2.05) is 6.92 Å². The Labute approximate surface area is 133 Å². The predicted octanol–water partition coefficient (Wildman–Crippen LogP) is 4.10. The van der Waals surface area contributed by atoms with E-state index in [1.165, 1.54) is 44.3 Å². The topological polar surface area (TPSA) is 52.6 Å². The fourth-order valence-electron chi connectivity index (χ4n) is 2.90. The third-order valence-corrected chi connectivity index (χ3v) is 4.18. The van der Waals surface area contributed by atoms with Gasteiger partial charge in [0.1, 0.15) is 11.7 Å². The zero-order valence-electron chi connectivity index (χ0n) is 13.6. The van der Waals surface area contributed by atoms with Gasteiger partial charge >= 0.3 is 11.9 Å². The SMILES string of the molecule is C=CC(=O)OC1(C)CCCCC1.C=CC(=O)OC1CCCC1. The summed E-state index contributed by atoms with van der Waals surface area (Å²) in [6.45, 7) is 8.72. The van der Waals surface area contributed by atoms with E-state index in [-0.39, 0.29) is 23.6 Å². The van der Waals surface area contributed by atoms with Crippen LogP contribution in [-0.2, 0) is 19.1 Å². The van der Waals surface area contributed by atoms with E-state index in [0.717, 1.165) is 25.7 Å². The van der Waals surface area contributed by atoms with E-state index in [1.54, 1.807) is 0 Å². The molecule has 0 aromatic rings. The van der Waals surface area contributed by atoms with Crippen molar-refractivity contribution in [2.24, 2.45) is 0 Å². The fraction of sp³-hybridized carbons (Fsp3) is 0.667. The summed E-state index contributed by atoms with van der Waals surface area (Å²) in [5, 5.41) is 0. The second kappa shape index (κ2) is 9.44. The Hall–Kier alpha value is -1.58. The minimum Gasteiger partial charge on any atom is -0.459 e. The van der Waals surface area contributed by atoms with E-state index >= 15 is 0 Å². The highest BCUT2D eigenvalue weighted by molar-refractivity contribution is 5.81. The van der Waals surface area contributed by atoms with Gasteiger partial charge in [-0.2, -0.15) is 0 Å². The van der Waals surface area contributed by atoms with Gasteiger partial charge in [0, 0.05) is 12.2 Å². The summed E-state index contributed by atoms with van der Waals surface area (Å²) in [7, 11) is 0. The molecule has 4 heteroatoms. The molecule has 22 heavy (non-hydrogen) atoms. The highest BCUT2D eigenvalue weighted by atomic mass is 16.6. The fourth-order valence-corrected chi connectivity index (χ4v) is 2.90. The summed E-state index contributed by atoms with van der Waals surface area (Å²) >= 11 is 0. The first-order chi connectivity index (χ1) is 10.5. The molecule has 0 atom stereocenters. The highest BCUT2D eigenvalue weighted by Gasteiger charge is 2.29. The second-order valence-electron chi connectivity index (χ2n) is 6.18. The minimum atomic E-state index is -0.292. The van der Waals surface area contributed by atoms with Crippen molar-refractivity contribution in [3.8, 4) is 0 Å². The molecule has 0 bridgehead atoms. The molecule has 2 fully saturated rings. The smallest absolute Gasteiger partial charge is 0.330 e. The molecular formula is C18H28O4. The molecule has 2 aliphatic rings. The molecule has 124 valence electrons. The van der Waals surface area contributed by atoms with Crippen LogP contribution < -0.4 is 0 Å². The van der Waals surface area contributed by atoms with Crippen LogP contribution in [0.15, 0.2) is 25.3 Å². The molecule has 0 amide bonds. The highest BCUT2D eigenvalue weighted by Crippen LogP contribution is 2.31. The lowest BCUT2D eigenvalue weighted by Crippen LogP contribution is -2.33. The van der Waals surface area contributed by atoms with Crippen molar-refractivity contribution in [2.75, 3.05) is 0 Å². The molecule has 0 N–H and O–H groups in total. The van der Waals surface area contributed by atoms with Gasteiger partial charge in [0.25, 0.3) is 0 Å². The second-order valence-corrected chi connectivity index (χ2v) is 6.18. The molecule has 0 aromatic carbocycles. The van der Waals surface area contributed by atoms with Crippen molar-refractivity contribution in [3.63, 3.8) is 0 Å². The number of carbonyl (C=O) groups is 2. The normalized spacial score (nSPS) is 20.2. The molecule has 2 rings (SSSR count). The zero-order chi connectivity index (χ0) is 16.4. The lowest BCUT2D eigenvalue weighted by molar-refractivity contribution is -0.154. The van der Waals surface area contributed by atoms with Crippen molar-refractivity contribution in [3.05, 3.63) is 25.3 Å².